The number of amides is 1. The van der Waals surface area contributed by atoms with E-state index in [0.717, 1.165) is 19.0 Å². The number of likely N-dealkylation sites (N-methyl/N-ethyl adjacent to an activating group) is 2. The van der Waals surface area contributed by atoms with Crippen LogP contribution >= 0.6 is 0 Å². The van der Waals surface area contributed by atoms with E-state index in [-0.39, 0.29) is 11.8 Å². The van der Waals surface area contributed by atoms with Crippen LogP contribution in [0.25, 0.3) is 0 Å². The number of hydrogen-bond donors (Lipinski definition) is 2. The Morgan fingerprint density at radius 2 is 2.05 bits per heavy atom. The maximum Gasteiger partial charge on any atom is 0.222 e. The van der Waals surface area contributed by atoms with E-state index in [1.165, 1.54) is 19.4 Å². The van der Waals surface area contributed by atoms with E-state index >= 15 is 0 Å². The highest BCUT2D eigenvalue weighted by molar-refractivity contribution is 5.80. The fourth-order valence-electron chi connectivity index (χ4n) is 2.87. The minimum atomic E-state index is 0.0318. The van der Waals surface area contributed by atoms with Crippen molar-refractivity contribution in [2.75, 3.05) is 46.8 Å². The number of likely N-dealkylation sites (tertiary alicyclic amines) is 1. The van der Waals surface area contributed by atoms with Gasteiger partial charge in [0.25, 0.3) is 0 Å². The second kappa shape index (κ2) is 9.66. The molecular weight excluding hydrogens is 278 g/mol. The summed E-state index contributed by atoms with van der Waals surface area (Å²) in [6, 6.07) is 0.620. The molecule has 0 radical (unpaired) electrons. The van der Waals surface area contributed by atoms with Crippen molar-refractivity contribution in [3.05, 3.63) is 0 Å². The lowest BCUT2D eigenvalue weighted by Crippen LogP contribution is -2.47. The van der Waals surface area contributed by atoms with Crippen LogP contribution in [0.1, 0.15) is 33.6 Å². The maximum atomic E-state index is 11.5. The molecule has 1 saturated heterocycles. The van der Waals surface area contributed by atoms with Crippen molar-refractivity contribution in [3.8, 4) is 0 Å². The first-order chi connectivity index (χ1) is 10.5. The van der Waals surface area contributed by atoms with Crippen LogP contribution in [0.5, 0.6) is 0 Å². The molecule has 1 fully saturated rings. The summed E-state index contributed by atoms with van der Waals surface area (Å²) in [4.78, 5) is 20.6. The molecule has 0 bridgehead atoms. The second-order valence-corrected chi connectivity index (χ2v) is 6.22. The highest BCUT2D eigenvalue weighted by Crippen LogP contribution is 2.17. The fourth-order valence-corrected chi connectivity index (χ4v) is 2.87. The minimum Gasteiger partial charge on any atom is -0.354 e. The van der Waals surface area contributed by atoms with Gasteiger partial charge >= 0.3 is 0 Å². The van der Waals surface area contributed by atoms with Crippen LogP contribution < -0.4 is 10.6 Å². The Labute approximate surface area is 135 Å². The summed E-state index contributed by atoms with van der Waals surface area (Å²) in [6.45, 7) is 10.7. The molecule has 0 spiro atoms. The molecule has 2 N–H and O–H groups in total. The first-order valence-corrected chi connectivity index (χ1v) is 8.43. The number of hydrogen-bond acceptors (Lipinski definition) is 3. The molecule has 0 aromatic carbocycles. The normalized spacial score (nSPS) is 19.5. The summed E-state index contributed by atoms with van der Waals surface area (Å²) >= 11 is 0. The van der Waals surface area contributed by atoms with Gasteiger partial charge in [-0.15, -0.1) is 0 Å². The molecule has 1 rings (SSSR count). The second-order valence-electron chi connectivity index (χ2n) is 6.22. The van der Waals surface area contributed by atoms with Crippen LogP contribution in [0, 0.1) is 5.92 Å². The highest BCUT2D eigenvalue weighted by atomic mass is 16.1. The fraction of sp³-hybridized carbons (Fsp3) is 0.875. The largest absolute Gasteiger partial charge is 0.354 e. The van der Waals surface area contributed by atoms with Gasteiger partial charge in [-0.3, -0.25) is 14.7 Å². The number of nitrogens with zero attached hydrogens (tertiary/aromatic N) is 3. The summed E-state index contributed by atoms with van der Waals surface area (Å²) in [6.07, 6.45) is 2.55. The Balaban J connectivity index is 2.32. The molecular formula is C16H33N5O. The van der Waals surface area contributed by atoms with Crippen LogP contribution in [-0.2, 0) is 4.79 Å². The van der Waals surface area contributed by atoms with Gasteiger partial charge in [0.1, 0.15) is 0 Å². The third kappa shape index (κ3) is 5.83. The number of carbonyl (C=O) groups excluding carboxylic acids is 1. The molecule has 0 aliphatic carbocycles. The van der Waals surface area contributed by atoms with Crippen molar-refractivity contribution in [3.63, 3.8) is 0 Å². The molecule has 1 aliphatic rings. The summed E-state index contributed by atoms with van der Waals surface area (Å²) in [5.41, 5.74) is 0. The number of guanidine groups is 1. The summed E-state index contributed by atoms with van der Waals surface area (Å²) in [5, 5.41) is 6.22. The van der Waals surface area contributed by atoms with E-state index < -0.39 is 0 Å². The Kier molecular flexibility index (Phi) is 8.24. The molecule has 6 nitrogen and oxygen atoms in total. The minimum absolute atomic E-state index is 0.0318. The Morgan fingerprint density at radius 1 is 1.36 bits per heavy atom. The van der Waals surface area contributed by atoms with Gasteiger partial charge in [-0.2, -0.15) is 0 Å². The molecule has 6 heteroatoms. The molecule has 1 amide bonds. The summed E-state index contributed by atoms with van der Waals surface area (Å²) in [5.74, 6) is 1.01. The van der Waals surface area contributed by atoms with E-state index in [1.807, 2.05) is 13.8 Å². The SMILES string of the molecule is CCN1CCCC1CN(C)C(=NC)NCCNC(=O)C(C)C. The average molecular weight is 311 g/mol. The van der Waals surface area contributed by atoms with Crippen molar-refractivity contribution in [2.45, 2.75) is 39.7 Å². The number of aliphatic imine (C=N–C) groups is 1. The van der Waals surface area contributed by atoms with Gasteiger partial charge in [0, 0.05) is 45.7 Å². The molecule has 1 unspecified atom stereocenters. The predicted octanol–water partition coefficient (Wildman–Crippen LogP) is 0.750. The van der Waals surface area contributed by atoms with Gasteiger partial charge < -0.3 is 15.5 Å². The van der Waals surface area contributed by atoms with Gasteiger partial charge in [-0.05, 0) is 25.9 Å². The molecule has 1 atom stereocenters. The number of nitrogens with one attached hydrogen (secondary N) is 2. The lowest BCUT2D eigenvalue weighted by molar-refractivity contribution is -0.123. The van der Waals surface area contributed by atoms with Crippen LogP contribution in [0.15, 0.2) is 4.99 Å². The van der Waals surface area contributed by atoms with E-state index in [2.05, 4.69) is 39.4 Å². The van der Waals surface area contributed by atoms with Gasteiger partial charge in [0.05, 0.1) is 0 Å². The van der Waals surface area contributed by atoms with Gasteiger partial charge in [0.15, 0.2) is 5.96 Å². The van der Waals surface area contributed by atoms with E-state index in [0.29, 0.717) is 19.1 Å². The molecule has 1 aliphatic heterocycles. The van der Waals surface area contributed by atoms with E-state index in [4.69, 9.17) is 0 Å². The lowest BCUT2D eigenvalue weighted by Gasteiger charge is -2.29. The monoisotopic (exact) mass is 311 g/mol. The van der Waals surface area contributed by atoms with Gasteiger partial charge in [0.2, 0.25) is 5.91 Å². The Hall–Kier alpha value is -1.30. The zero-order valence-corrected chi connectivity index (χ0v) is 14.9. The van der Waals surface area contributed by atoms with Crippen LogP contribution in [0.2, 0.25) is 0 Å². The van der Waals surface area contributed by atoms with Crippen molar-refractivity contribution < 1.29 is 4.79 Å². The topological polar surface area (TPSA) is 60.0 Å². The molecule has 0 aromatic rings. The molecule has 22 heavy (non-hydrogen) atoms. The summed E-state index contributed by atoms with van der Waals surface area (Å²) < 4.78 is 0. The van der Waals surface area contributed by atoms with Crippen molar-refractivity contribution >= 4 is 11.9 Å². The standard InChI is InChI=1S/C16H33N5O/c1-6-21-11-7-8-14(21)12-20(5)16(17-4)19-10-9-18-15(22)13(2)3/h13-14H,6-12H2,1-5H3,(H,17,19)(H,18,22). The third-order valence-corrected chi connectivity index (χ3v) is 4.19. The summed E-state index contributed by atoms with van der Waals surface area (Å²) in [7, 11) is 3.88. The van der Waals surface area contributed by atoms with Crippen LogP contribution in [0.3, 0.4) is 0 Å². The van der Waals surface area contributed by atoms with Crippen LogP contribution in [-0.4, -0.2) is 74.5 Å². The van der Waals surface area contributed by atoms with Crippen molar-refractivity contribution in [1.82, 2.24) is 20.4 Å². The molecule has 1 heterocycles. The maximum absolute atomic E-state index is 11.5. The third-order valence-electron chi connectivity index (χ3n) is 4.19. The smallest absolute Gasteiger partial charge is 0.222 e. The zero-order chi connectivity index (χ0) is 16.5. The Morgan fingerprint density at radius 3 is 2.64 bits per heavy atom. The Bertz CT molecular complexity index is 370. The predicted molar refractivity (Wildman–Crippen MR) is 92.1 cm³/mol. The zero-order valence-electron chi connectivity index (χ0n) is 14.9. The first kappa shape index (κ1) is 18.7. The average Bonchev–Trinajstić information content (AvgIpc) is 2.93. The van der Waals surface area contributed by atoms with E-state index in [1.54, 1.807) is 7.05 Å². The highest BCUT2D eigenvalue weighted by Gasteiger charge is 2.24. The van der Waals surface area contributed by atoms with Gasteiger partial charge in [-0.1, -0.05) is 20.8 Å². The van der Waals surface area contributed by atoms with Crippen molar-refractivity contribution in [1.29, 1.82) is 0 Å². The quantitative estimate of drug-likeness (QED) is 0.414. The lowest BCUT2D eigenvalue weighted by atomic mass is 10.2. The van der Waals surface area contributed by atoms with Gasteiger partial charge in [-0.25, -0.2) is 0 Å². The van der Waals surface area contributed by atoms with Crippen molar-refractivity contribution in [2.24, 2.45) is 10.9 Å². The molecule has 128 valence electrons. The number of carbonyl (C=O) groups is 1. The van der Waals surface area contributed by atoms with E-state index in [9.17, 15) is 4.79 Å². The molecule has 0 saturated carbocycles. The first-order valence-electron chi connectivity index (χ1n) is 8.43. The van der Waals surface area contributed by atoms with Crippen LogP contribution in [0.4, 0.5) is 0 Å². The number of rotatable bonds is 7. The molecule has 0 aromatic heterocycles.